The molecule has 0 atom stereocenters. The van der Waals surface area contributed by atoms with Gasteiger partial charge in [-0.3, -0.25) is 9.78 Å². The van der Waals surface area contributed by atoms with E-state index in [1.165, 1.54) is 18.2 Å². The molecule has 0 aliphatic carbocycles. The maximum Gasteiger partial charge on any atom is 0.310 e. The van der Waals surface area contributed by atoms with Gasteiger partial charge in [0.1, 0.15) is 0 Å². The minimum absolute atomic E-state index is 0.0551. The zero-order chi connectivity index (χ0) is 8.97. The Hall–Kier alpha value is -0.870. The Morgan fingerprint density at radius 1 is 1.42 bits per heavy atom. The van der Waals surface area contributed by atoms with Crippen molar-refractivity contribution < 1.29 is 14.2 Å². The summed E-state index contributed by atoms with van der Waals surface area (Å²) in [5.41, 5.74) is 0. The van der Waals surface area contributed by atoms with E-state index in [0.29, 0.717) is 0 Å². The second kappa shape index (κ2) is 4.23. The van der Waals surface area contributed by atoms with Crippen LogP contribution in [0.15, 0.2) is 24.3 Å². The van der Waals surface area contributed by atoms with Gasteiger partial charge in [-0.1, -0.05) is 12.1 Å². The van der Waals surface area contributed by atoms with Crippen molar-refractivity contribution in [2.24, 2.45) is 0 Å². The van der Waals surface area contributed by atoms with E-state index in [-0.39, 0.29) is 10.3 Å². The van der Waals surface area contributed by atoms with Crippen molar-refractivity contribution in [1.29, 1.82) is 0 Å². The van der Waals surface area contributed by atoms with Gasteiger partial charge in [-0.2, -0.15) is 0 Å². The van der Waals surface area contributed by atoms with Crippen molar-refractivity contribution in [3.05, 3.63) is 30.1 Å². The molecule has 0 saturated heterocycles. The second-order valence-corrected chi connectivity index (χ2v) is 2.77. The van der Waals surface area contributed by atoms with Crippen molar-refractivity contribution in [3.63, 3.8) is 0 Å². The smallest absolute Gasteiger partial charge is 0.285 e. The molecule has 0 amide bonds. The molecular formula is C7H4ClFO2S. The molecule has 0 fully saturated rings. The second-order valence-electron chi connectivity index (χ2n) is 1.83. The molecule has 0 bridgehead atoms. The van der Waals surface area contributed by atoms with Crippen LogP contribution in [0.3, 0.4) is 0 Å². The summed E-state index contributed by atoms with van der Waals surface area (Å²) in [5.74, 6) is -0.592. The molecule has 0 aliphatic heterocycles. The summed E-state index contributed by atoms with van der Waals surface area (Å²) in [7, 11) is 0. The average molecular weight is 207 g/mol. The Labute approximate surface area is 78.8 Å². The van der Waals surface area contributed by atoms with Gasteiger partial charge >= 0.3 is 4.51 Å². The summed E-state index contributed by atoms with van der Waals surface area (Å²) in [6.07, 6.45) is 0. The Kier molecular flexibility index (Phi) is 3.25. The van der Waals surface area contributed by atoms with E-state index in [2.05, 4.69) is 22.0 Å². The predicted molar refractivity (Wildman–Crippen MR) is 46.6 cm³/mol. The summed E-state index contributed by atoms with van der Waals surface area (Å²) in [4.78, 5) is 8.72. The quantitative estimate of drug-likeness (QED) is 0.321. The summed E-state index contributed by atoms with van der Waals surface area (Å²) in [6, 6.07) is 5.75. The lowest BCUT2D eigenvalue weighted by Gasteiger charge is -2.02. The summed E-state index contributed by atoms with van der Waals surface area (Å²) in [6.45, 7) is 0. The number of rotatable bonds is 2. The Morgan fingerprint density at radius 2 is 2.08 bits per heavy atom. The van der Waals surface area contributed by atoms with E-state index in [9.17, 15) is 4.39 Å². The first-order chi connectivity index (χ1) is 5.70. The van der Waals surface area contributed by atoms with Crippen molar-refractivity contribution in [2.45, 2.75) is 0 Å². The standard InChI is InChI=1S/C7H4ClFO2S/c8-7(12)11-10-6-4-2-1-3-5(6)9/h1-4H. The summed E-state index contributed by atoms with van der Waals surface area (Å²) < 4.78 is 12.4. The van der Waals surface area contributed by atoms with E-state index in [0.717, 1.165) is 0 Å². The molecule has 0 spiro atoms. The molecular weight excluding hydrogens is 203 g/mol. The molecule has 64 valence electrons. The highest BCUT2D eigenvalue weighted by molar-refractivity contribution is 7.82. The van der Waals surface area contributed by atoms with Crippen LogP contribution in [0.1, 0.15) is 0 Å². The van der Waals surface area contributed by atoms with Crippen molar-refractivity contribution in [3.8, 4) is 5.75 Å². The molecule has 0 unspecified atom stereocenters. The van der Waals surface area contributed by atoms with Crippen LogP contribution in [-0.4, -0.2) is 4.51 Å². The maximum atomic E-state index is 12.7. The zero-order valence-corrected chi connectivity index (χ0v) is 7.36. The van der Waals surface area contributed by atoms with Crippen LogP contribution in [0.5, 0.6) is 5.75 Å². The van der Waals surface area contributed by atoms with Gasteiger partial charge in [-0.25, -0.2) is 4.39 Å². The lowest BCUT2D eigenvalue weighted by atomic mass is 10.3. The van der Waals surface area contributed by atoms with Crippen LogP contribution in [0.25, 0.3) is 0 Å². The lowest BCUT2D eigenvalue weighted by Crippen LogP contribution is -1.99. The number of hydrogen-bond donors (Lipinski definition) is 0. The molecule has 1 rings (SSSR count). The van der Waals surface area contributed by atoms with Crippen LogP contribution in [0, 0.1) is 5.82 Å². The van der Waals surface area contributed by atoms with Gasteiger partial charge in [-0.05, 0) is 36.0 Å². The third-order valence-electron chi connectivity index (χ3n) is 1.03. The van der Waals surface area contributed by atoms with E-state index in [4.69, 9.17) is 11.6 Å². The molecule has 0 aromatic heterocycles. The third kappa shape index (κ3) is 2.64. The fourth-order valence-electron chi connectivity index (χ4n) is 0.590. The minimum Gasteiger partial charge on any atom is -0.285 e. The Bertz CT molecular complexity index is 292. The SMILES string of the molecule is Fc1ccccc1OOC(=S)Cl. The highest BCUT2D eigenvalue weighted by Gasteiger charge is 2.02. The highest BCUT2D eigenvalue weighted by Crippen LogP contribution is 2.15. The monoisotopic (exact) mass is 206 g/mol. The molecule has 0 saturated carbocycles. The van der Waals surface area contributed by atoms with Gasteiger partial charge in [0.05, 0.1) is 0 Å². The fraction of sp³-hybridized carbons (Fsp3) is 0. The number of benzene rings is 1. The molecule has 12 heavy (non-hydrogen) atoms. The molecule has 1 aromatic carbocycles. The minimum atomic E-state index is -0.537. The molecule has 2 nitrogen and oxygen atoms in total. The molecule has 0 heterocycles. The van der Waals surface area contributed by atoms with Crippen molar-refractivity contribution in [1.82, 2.24) is 0 Å². The number of thiocarbonyl (C=S) groups is 1. The van der Waals surface area contributed by atoms with E-state index in [1.54, 1.807) is 6.07 Å². The first-order valence-corrected chi connectivity index (χ1v) is 3.77. The first kappa shape index (κ1) is 9.22. The summed E-state index contributed by atoms with van der Waals surface area (Å²) >= 11 is 9.48. The van der Waals surface area contributed by atoms with Gasteiger partial charge in [0.15, 0.2) is 5.82 Å². The Balaban J connectivity index is 2.63. The third-order valence-corrected chi connectivity index (χ3v) is 1.16. The van der Waals surface area contributed by atoms with Crippen LogP contribution in [0.4, 0.5) is 4.39 Å². The average Bonchev–Trinajstić information content (AvgIpc) is 2.03. The summed E-state index contributed by atoms with van der Waals surface area (Å²) in [5, 5.41) is 0. The molecule has 0 aliphatic rings. The van der Waals surface area contributed by atoms with Gasteiger partial charge in [0.2, 0.25) is 5.75 Å². The van der Waals surface area contributed by atoms with Crippen LogP contribution in [-0.2, 0) is 4.89 Å². The van der Waals surface area contributed by atoms with Gasteiger partial charge in [-0.15, -0.1) is 0 Å². The molecule has 5 heteroatoms. The number of halogens is 2. The first-order valence-electron chi connectivity index (χ1n) is 2.98. The van der Waals surface area contributed by atoms with Gasteiger partial charge < -0.3 is 0 Å². The highest BCUT2D eigenvalue weighted by atomic mass is 35.5. The van der Waals surface area contributed by atoms with Crippen LogP contribution < -0.4 is 4.89 Å². The van der Waals surface area contributed by atoms with E-state index >= 15 is 0 Å². The van der Waals surface area contributed by atoms with Crippen molar-refractivity contribution in [2.75, 3.05) is 0 Å². The molecule has 1 aromatic rings. The van der Waals surface area contributed by atoms with Crippen LogP contribution >= 0.6 is 23.8 Å². The van der Waals surface area contributed by atoms with Crippen molar-refractivity contribution >= 4 is 28.3 Å². The number of para-hydroxylation sites is 1. The topological polar surface area (TPSA) is 18.5 Å². The largest absolute Gasteiger partial charge is 0.310 e. The Morgan fingerprint density at radius 3 is 2.67 bits per heavy atom. The molecule has 0 radical (unpaired) electrons. The van der Waals surface area contributed by atoms with E-state index < -0.39 is 5.82 Å². The predicted octanol–water partition coefficient (Wildman–Crippen LogP) is 2.66. The zero-order valence-electron chi connectivity index (χ0n) is 5.79. The lowest BCUT2D eigenvalue weighted by molar-refractivity contribution is -0.112. The van der Waals surface area contributed by atoms with Crippen LogP contribution in [0.2, 0.25) is 0 Å². The van der Waals surface area contributed by atoms with Gasteiger partial charge in [0, 0.05) is 0 Å². The maximum absolute atomic E-state index is 12.7. The number of hydrogen-bond acceptors (Lipinski definition) is 3. The normalized spacial score (nSPS) is 9.17. The molecule has 0 N–H and O–H groups in total. The fourth-order valence-corrected chi connectivity index (χ4v) is 0.655. The van der Waals surface area contributed by atoms with Gasteiger partial charge in [0.25, 0.3) is 0 Å². The van der Waals surface area contributed by atoms with E-state index in [1.807, 2.05) is 0 Å².